The number of aliphatic carboxylic acids is 1. The molecular formula is C15H15NO2S. The highest BCUT2D eigenvalue weighted by Gasteiger charge is 2.22. The molecule has 0 aromatic heterocycles. The maximum absolute atomic E-state index is 11.4. The number of hydrogen-bond donors (Lipinski definition) is 2. The minimum Gasteiger partial charge on any atom is -0.480 e. The van der Waals surface area contributed by atoms with E-state index in [2.05, 4.69) is 0 Å². The van der Waals surface area contributed by atoms with E-state index in [9.17, 15) is 9.90 Å². The molecule has 0 amide bonds. The van der Waals surface area contributed by atoms with Gasteiger partial charge in [0.1, 0.15) is 5.25 Å². The van der Waals surface area contributed by atoms with Crippen molar-refractivity contribution in [1.82, 2.24) is 0 Å². The summed E-state index contributed by atoms with van der Waals surface area (Å²) in [4.78, 5) is 12.2. The van der Waals surface area contributed by atoms with Crippen molar-refractivity contribution < 1.29 is 9.90 Å². The second-order valence-electron chi connectivity index (χ2n) is 4.23. The first-order valence-electron chi connectivity index (χ1n) is 5.89. The normalized spacial score (nSPS) is 12.1. The highest BCUT2D eigenvalue weighted by atomic mass is 32.2. The third-order valence-corrected chi connectivity index (χ3v) is 4.17. The van der Waals surface area contributed by atoms with Gasteiger partial charge in [-0.15, -0.1) is 11.8 Å². The zero-order valence-electron chi connectivity index (χ0n) is 10.5. The maximum Gasteiger partial charge on any atom is 0.321 e. The number of benzene rings is 2. The summed E-state index contributed by atoms with van der Waals surface area (Å²) >= 11 is 1.27. The number of carboxylic acids is 1. The summed E-state index contributed by atoms with van der Waals surface area (Å²) in [6.45, 7) is 1.91. The van der Waals surface area contributed by atoms with E-state index in [1.54, 1.807) is 0 Å². The van der Waals surface area contributed by atoms with E-state index in [-0.39, 0.29) is 0 Å². The summed E-state index contributed by atoms with van der Waals surface area (Å²) in [5, 5.41) is 8.74. The Bertz CT molecular complexity index is 584. The number of aryl methyl sites for hydroxylation is 1. The highest BCUT2D eigenvalue weighted by molar-refractivity contribution is 8.00. The fourth-order valence-electron chi connectivity index (χ4n) is 1.77. The molecule has 1 unspecified atom stereocenters. The van der Waals surface area contributed by atoms with Gasteiger partial charge in [0.2, 0.25) is 0 Å². The molecule has 0 saturated carbocycles. The molecule has 0 radical (unpaired) electrons. The lowest BCUT2D eigenvalue weighted by Crippen LogP contribution is -2.08. The molecule has 0 spiro atoms. The largest absolute Gasteiger partial charge is 0.480 e. The van der Waals surface area contributed by atoms with Gasteiger partial charge >= 0.3 is 5.97 Å². The Hall–Kier alpha value is -1.94. The summed E-state index contributed by atoms with van der Waals surface area (Å²) in [5.74, 6) is -0.864. The maximum atomic E-state index is 11.4. The standard InChI is InChI=1S/C15H15NO2S/c1-10-6-5-9-12(13(10)16)19-14(15(17)18)11-7-3-2-4-8-11/h2-9,14H,16H2,1H3,(H,17,18). The molecule has 2 aromatic carbocycles. The summed E-state index contributed by atoms with van der Waals surface area (Å²) in [6, 6.07) is 14.8. The lowest BCUT2D eigenvalue weighted by molar-refractivity contribution is -0.136. The topological polar surface area (TPSA) is 63.3 Å². The van der Waals surface area contributed by atoms with Crippen LogP contribution in [0.4, 0.5) is 5.69 Å². The van der Waals surface area contributed by atoms with Crippen molar-refractivity contribution in [3.63, 3.8) is 0 Å². The predicted octanol–water partition coefficient (Wildman–Crippen LogP) is 3.50. The molecule has 3 N–H and O–H groups in total. The Morgan fingerprint density at radius 1 is 1.16 bits per heavy atom. The van der Waals surface area contributed by atoms with Crippen molar-refractivity contribution in [3.05, 3.63) is 59.7 Å². The molecule has 4 heteroatoms. The molecule has 3 nitrogen and oxygen atoms in total. The third-order valence-electron chi connectivity index (χ3n) is 2.86. The fraction of sp³-hybridized carbons (Fsp3) is 0.133. The van der Waals surface area contributed by atoms with Crippen LogP contribution >= 0.6 is 11.8 Å². The Morgan fingerprint density at radius 2 is 1.84 bits per heavy atom. The smallest absolute Gasteiger partial charge is 0.321 e. The van der Waals surface area contributed by atoms with E-state index in [0.29, 0.717) is 5.69 Å². The van der Waals surface area contributed by atoms with Crippen LogP contribution in [0, 0.1) is 6.92 Å². The molecule has 0 heterocycles. The average Bonchev–Trinajstić information content (AvgIpc) is 2.41. The van der Waals surface area contributed by atoms with Crippen LogP contribution in [0.1, 0.15) is 16.4 Å². The van der Waals surface area contributed by atoms with Crippen LogP contribution in [-0.4, -0.2) is 11.1 Å². The number of rotatable bonds is 4. The summed E-state index contributed by atoms with van der Waals surface area (Å²) in [5.41, 5.74) is 8.37. The minimum atomic E-state index is -0.864. The first-order valence-corrected chi connectivity index (χ1v) is 6.77. The van der Waals surface area contributed by atoms with Crippen LogP contribution in [-0.2, 0) is 4.79 Å². The van der Waals surface area contributed by atoms with Crippen molar-refractivity contribution in [2.75, 3.05) is 5.73 Å². The van der Waals surface area contributed by atoms with Gasteiger partial charge in [0.15, 0.2) is 0 Å². The van der Waals surface area contributed by atoms with Gasteiger partial charge in [-0.2, -0.15) is 0 Å². The Morgan fingerprint density at radius 3 is 2.47 bits per heavy atom. The molecule has 1 atom stereocenters. The van der Waals surface area contributed by atoms with Gasteiger partial charge in [-0.25, -0.2) is 0 Å². The number of nitrogens with two attached hydrogens (primary N) is 1. The first kappa shape index (κ1) is 13.5. The van der Waals surface area contributed by atoms with Crippen molar-refractivity contribution in [1.29, 1.82) is 0 Å². The van der Waals surface area contributed by atoms with Gasteiger partial charge < -0.3 is 10.8 Å². The van der Waals surface area contributed by atoms with Gasteiger partial charge in [0.25, 0.3) is 0 Å². The van der Waals surface area contributed by atoms with E-state index in [1.165, 1.54) is 11.8 Å². The van der Waals surface area contributed by atoms with Crippen molar-refractivity contribution in [2.45, 2.75) is 17.1 Å². The quantitative estimate of drug-likeness (QED) is 0.661. The zero-order chi connectivity index (χ0) is 13.8. The number of anilines is 1. The molecule has 0 bridgehead atoms. The summed E-state index contributed by atoms with van der Waals surface area (Å²) in [7, 11) is 0. The Balaban J connectivity index is 2.32. The van der Waals surface area contributed by atoms with E-state index in [0.717, 1.165) is 16.0 Å². The lowest BCUT2D eigenvalue weighted by atomic mass is 10.1. The zero-order valence-corrected chi connectivity index (χ0v) is 11.4. The molecule has 0 aliphatic rings. The van der Waals surface area contributed by atoms with Gasteiger partial charge in [-0.05, 0) is 24.1 Å². The van der Waals surface area contributed by atoms with Crippen LogP contribution in [0.25, 0.3) is 0 Å². The van der Waals surface area contributed by atoms with Crippen molar-refractivity contribution in [3.8, 4) is 0 Å². The summed E-state index contributed by atoms with van der Waals surface area (Å²) < 4.78 is 0. The SMILES string of the molecule is Cc1cccc(SC(C(=O)O)c2ccccc2)c1N. The number of hydrogen-bond acceptors (Lipinski definition) is 3. The second kappa shape index (κ2) is 5.80. The number of nitrogen functional groups attached to an aromatic ring is 1. The van der Waals surface area contributed by atoms with Crippen LogP contribution in [0.2, 0.25) is 0 Å². The van der Waals surface area contributed by atoms with Gasteiger partial charge in [0.05, 0.1) is 0 Å². The molecule has 0 fully saturated rings. The summed E-state index contributed by atoms with van der Waals surface area (Å²) in [6.07, 6.45) is 0. The van der Waals surface area contributed by atoms with Crippen molar-refractivity contribution >= 4 is 23.4 Å². The third kappa shape index (κ3) is 3.09. The Labute approximate surface area is 116 Å². The molecule has 98 valence electrons. The van der Waals surface area contributed by atoms with Gasteiger partial charge in [-0.3, -0.25) is 4.79 Å². The lowest BCUT2D eigenvalue weighted by Gasteiger charge is -2.14. The first-order chi connectivity index (χ1) is 9.09. The Kier molecular flexibility index (Phi) is 4.12. The molecule has 0 aliphatic heterocycles. The van der Waals surface area contributed by atoms with Crippen LogP contribution < -0.4 is 5.73 Å². The number of para-hydroxylation sites is 1. The molecule has 19 heavy (non-hydrogen) atoms. The molecule has 0 aliphatic carbocycles. The minimum absolute atomic E-state index is 0.648. The number of thioether (sulfide) groups is 1. The van der Waals surface area contributed by atoms with E-state index < -0.39 is 11.2 Å². The second-order valence-corrected chi connectivity index (χ2v) is 5.38. The fourth-order valence-corrected chi connectivity index (χ4v) is 2.87. The van der Waals surface area contributed by atoms with E-state index in [4.69, 9.17) is 5.73 Å². The van der Waals surface area contributed by atoms with Gasteiger partial charge in [-0.1, -0.05) is 42.5 Å². The molecule has 2 aromatic rings. The number of carbonyl (C=O) groups is 1. The molecule has 0 saturated heterocycles. The average molecular weight is 273 g/mol. The molecular weight excluding hydrogens is 258 g/mol. The van der Waals surface area contributed by atoms with Crippen LogP contribution in [0.15, 0.2) is 53.4 Å². The van der Waals surface area contributed by atoms with Crippen LogP contribution in [0.3, 0.4) is 0 Å². The number of carboxylic acid groups (broad SMARTS) is 1. The van der Waals surface area contributed by atoms with Crippen molar-refractivity contribution in [2.24, 2.45) is 0 Å². The monoisotopic (exact) mass is 273 g/mol. The highest BCUT2D eigenvalue weighted by Crippen LogP contribution is 2.39. The van der Waals surface area contributed by atoms with E-state index >= 15 is 0 Å². The molecule has 2 rings (SSSR count). The predicted molar refractivity (Wildman–Crippen MR) is 78.3 cm³/mol. The van der Waals surface area contributed by atoms with Gasteiger partial charge in [0, 0.05) is 10.6 Å². The van der Waals surface area contributed by atoms with E-state index in [1.807, 2.05) is 55.5 Å². The van der Waals surface area contributed by atoms with Crippen LogP contribution in [0.5, 0.6) is 0 Å².